The third-order valence-corrected chi connectivity index (χ3v) is 2.98. The molecule has 2 N–H and O–H groups in total. The highest BCUT2D eigenvalue weighted by Crippen LogP contribution is 2.13. The second kappa shape index (κ2) is 3.17. The summed E-state index contributed by atoms with van der Waals surface area (Å²) in [4.78, 5) is 11.9. The van der Waals surface area contributed by atoms with Crippen molar-refractivity contribution in [1.29, 1.82) is 0 Å². The number of hydrogen-bond donors (Lipinski definition) is 1. The Labute approximate surface area is 92.3 Å². The summed E-state index contributed by atoms with van der Waals surface area (Å²) in [5.74, 6) is 5.41. The molecule has 0 saturated carbocycles. The normalized spacial score (nSPS) is 19.6. The fourth-order valence-electron chi connectivity index (χ4n) is 2.26. The summed E-state index contributed by atoms with van der Waals surface area (Å²) < 4.78 is 0. The first kappa shape index (κ1) is 9.09. The Morgan fingerprint density at radius 3 is 2.94 bits per heavy atom. The van der Waals surface area contributed by atoms with Gasteiger partial charge in [0.05, 0.1) is 11.3 Å². The first-order chi connectivity index (χ1) is 7.81. The maximum absolute atomic E-state index is 11.9. The largest absolute Gasteiger partial charge is 0.323 e. The molecule has 0 atom stereocenters. The van der Waals surface area contributed by atoms with Crippen LogP contribution in [-0.4, -0.2) is 11.5 Å². The molecule has 0 amide bonds. The average Bonchev–Trinajstić information content (AvgIpc) is 2.33. The van der Waals surface area contributed by atoms with Crippen LogP contribution >= 0.6 is 0 Å². The van der Waals surface area contributed by atoms with Gasteiger partial charge in [-0.2, -0.15) is 5.10 Å². The van der Waals surface area contributed by atoms with Crippen LogP contribution in [0.25, 0.3) is 17.7 Å². The molecule has 2 aliphatic carbocycles. The van der Waals surface area contributed by atoms with Crippen molar-refractivity contribution >= 4 is 29.2 Å². The zero-order chi connectivity index (χ0) is 11.1. The number of Topliss-reactive ketones (excluding diaryl/α,β-unsaturated/α-hetero) is 1. The predicted molar refractivity (Wildman–Crippen MR) is 63.8 cm³/mol. The second-order valence-electron chi connectivity index (χ2n) is 3.87. The smallest absolute Gasteiger partial charge is 0.169 e. The molecule has 0 saturated heterocycles. The lowest BCUT2D eigenvalue weighted by Gasteiger charge is -2.15. The summed E-state index contributed by atoms with van der Waals surface area (Å²) in [6.45, 7) is 0. The van der Waals surface area contributed by atoms with Gasteiger partial charge in [-0.05, 0) is 16.9 Å². The molecule has 0 radical (unpaired) electrons. The topological polar surface area (TPSA) is 55.4 Å². The van der Waals surface area contributed by atoms with E-state index in [9.17, 15) is 4.79 Å². The molecule has 0 spiro atoms. The summed E-state index contributed by atoms with van der Waals surface area (Å²) in [5, 5.41) is 5.75. The maximum atomic E-state index is 11.9. The second-order valence-corrected chi connectivity index (χ2v) is 3.87. The lowest BCUT2D eigenvalue weighted by molar-refractivity contribution is -0.112. The van der Waals surface area contributed by atoms with Gasteiger partial charge in [0.2, 0.25) is 0 Å². The molecular formula is C13H10N2O. The van der Waals surface area contributed by atoms with E-state index in [1.54, 1.807) is 6.08 Å². The van der Waals surface area contributed by atoms with E-state index in [0.717, 1.165) is 16.0 Å². The van der Waals surface area contributed by atoms with Crippen LogP contribution in [-0.2, 0) is 4.79 Å². The maximum Gasteiger partial charge on any atom is 0.169 e. The zero-order valence-electron chi connectivity index (χ0n) is 8.60. The molecule has 1 aromatic carbocycles. The van der Waals surface area contributed by atoms with Gasteiger partial charge in [0.15, 0.2) is 5.78 Å². The van der Waals surface area contributed by atoms with Crippen LogP contribution in [0.3, 0.4) is 0 Å². The minimum Gasteiger partial charge on any atom is -0.323 e. The lowest BCUT2D eigenvalue weighted by atomic mass is 9.88. The minimum atomic E-state index is 0.0912. The van der Waals surface area contributed by atoms with Crippen molar-refractivity contribution in [2.75, 3.05) is 0 Å². The molecule has 3 heteroatoms. The summed E-state index contributed by atoms with van der Waals surface area (Å²) in [6, 6.07) is 6.00. The standard InChI is InChI=1S/C13H10N2O/c14-15-10-6-4-8-2-1-3-9-5-7-11(16)13(10)12(8)9/h1-6H,7,14H2. The molecule has 0 unspecified atom stereocenters. The third-order valence-electron chi connectivity index (χ3n) is 2.98. The summed E-state index contributed by atoms with van der Waals surface area (Å²) in [7, 11) is 0. The van der Waals surface area contributed by atoms with E-state index in [2.05, 4.69) is 5.10 Å². The van der Waals surface area contributed by atoms with Crippen LogP contribution < -0.4 is 16.3 Å². The summed E-state index contributed by atoms with van der Waals surface area (Å²) >= 11 is 0. The quantitative estimate of drug-likeness (QED) is 0.481. The van der Waals surface area contributed by atoms with Crippen LogP contribution in [0.4, 0.5) is 0 Å². The molecule has 0 bridgehead atoms. The van der Waals surface area contributed by atoms with Gasteiger partial charge < -0.3 is 5.84 Å². The molecule has 3 nitrogen and oxygen atoms in total. The number of carbonyl (C=O) groups excluding carboxylic acids is 1. The van der Waals surface area contributed by atoms with Gasteiger partial charge in [-0.25, -0.2) is 0 Å². The van der Waals surface area contributed by atoms with Crippen molar-refractivity contribution in [2.45, 2.75) is 6.42 Å². The van der Waals surface area contributed by atoms with E-state index < -0.39 is 0 Å². The number of carbonyl (C=O) groups is 1. The van der Waals surface area contributed by atoms with Gasteiger partial charge in [-0.3, -0.25) is 4.79 Å². The Balaban J connectivity index is 2.57. The molecule has 0 fully saturated rings. The fourth-order valence-corrected chi connectivity index (χ4v) is 2.26. The molecule has 0 heterocycles. The number of benzene rings is 1. The molecule has 2 aliphatic rings. The van der Waals surface area contributed by atoms with Crippen molar-refractivity contribution in [3.8, 4) is 0 Å². The van der Waals surface area contributed by atoms with E-state index in [1.165, 1.54) is 0 Å². The minimum absolute atomic E-state index is 0.0912. The first-order valence-corrected chi connectivity index (χ1v) is 5.14. The van der Waals surface area contributed by atoms with E-state index >= 15 is 0 Å². The molecule has 1 aromatic rings. The van der Waals surface area contributed by atoms with Crippen LogP contribution in [0, 0.1) is 0 Å². The van der Waals surface area contributed by atoms with Crippen LogP contribution in [0.2, 0.25) is 0 Å². The molecule has 0 aliphatic heterocycles. The highest BCUT2D eigenvalue weighted by Gasteiger charge is 2.21. The monoisotopic (exact) mass is 210 g/mol. The highest BCUT2D eigenvalue weighted by atomic mass is 16.1. The van der Waals surface area contributed by atoms with Crippen molar-refractivity contribution in [3.05, 3.63) is 40.3 Å². The Hall–Kier alpha value is -2.16. The number of rotatable bonds is 0. The van der Waals surface area contributed by atoms with Crippen LogP contribution in [0.1, 0.15) is 12.0 Å². The number of hydrogen-bond acceptors (Lipinski definition) is 3. The molecule has 16 heavy (non-hydrogen) atoms. The van der Waals surface area contributed by atoms with E-state index in [0.29, 0.717) is 17.7 Å². The Morgan fingerprint density at radius 2 is 2.12 bits per heavy atom. The third kappa shape index (κ3) is 1.08. The van der Waals surface area contributed by atoms with Crippen molar-refractivity contribution in [3.63, 3.8) is 0 Å². The Bertz CT molecular complexity index is 666. The van der Waals surface area contributed by atoms with Gasteiger partial charge in [0, 0.05) is 11.6 Å². The first-order valence-electron chi connectivity index (χ1n) is 5.14. The lowest BCUT2D eigenvalue weighted by Crippen LogP contribution is -2.39. The number of nitrogens with zero attached hydrogens (tertiary/aromatic N) is 1. The summed E-state index contributed by atoms with van der Waals surface area (Å²) in [6.07, 6.45) is 6.13. The van der Waals surface area contributed by atoms with Gasteiger partial charge in [-0.15, -0.1) is 0 Å². The average molecular weight is 210 g/mol. The van der Waals surface area contributed by atoms with Gasteiger partial charge in [-0.1, -0.05) is 30.4 Å². The van der Waals surface area contributed by atoms with Gasteiger partial charge in [0.1, 0.15) is 0 Å². The SMILES string of the molecule is NN=C1C=Cc2cccc3c2=C1C(=O)CC=3. The predicted octanol–water partition coefficient (Wildman–Crippen LogP) is -0.0679. The Morgan fingerprint density at radius 1 is 1.25 bits per heavy atom. The molecule has 78 valence electrons. The van der Waals surface area contributed by atoms with E-state index in [-0.39, 0.29) is 5.78 Å². The van der Waals surface area contributed by atoms with Crippen molar-refractivity contribution in [1.82, 2.24) is 0 Å². The number of ketones is 1. The Kier molecular flexibility index (Phi) is 1.80. The number of nitrogens with two attached hydrogens (primary N) is 1. The van der Waals surface area contributed by atoms with Gasteiger partial charge >= 0.3 is 0 Å². The van der Waals surface area contributed by atoms with Crippen molar-refractivity contribution in [2.24, 2.45) is 10.9 Å². The zero-order valence-corrected chi connectivity index (χ0v) is 8.60. The van der Waals surface area contributed by atoms with E-state index in [1.807, 2.05) is 30.4 Å². The number of hydrazone groups is 1. The van der Waals surface area contributed by atoms with Crippen LogP contribution in [0.15, 0.2) is 29.4 Å². The molecular weight excluding hydrogens is 200 g/mol. The fraction of sp³-hybridized carbons (Fsp3) is 0.0769. The number of allylic oxidation sites excluding steroid dienone is 1. The summed E-state index contributed by atoms with van der Waals surface area (Å²) in [5.41, 5.74) is 2.31. The van der Waals surface area contributed by atoms with Crippen LogP contribution in [0.5, 0.6) is 0 Å². The van der Waals surface area contributed by atoms with E-state index in [4.69, 9.17) is 5.84 Å². The molecule has 0 aromatic heterocycles. The van der Waals surface area contributed by atoms with Gasteiger partial charge in [0.25, 0.3) is 0 Å². The van der Waals surface area contributed by atoms with Crippen molar-refractivity contribution < 1.29 is 4.79 Å². The highest BCUT2D eigenvalue weighted by molar-refractivity contribution is 6.48. The molecule has 3 rings (SSSR count).